The molecule has 1 aromatic rings. The van der Waals surface area contributed by atoms with Crippen molar-refractivity contribution in [3.05, 3.63) is 22.0 Å². The second kappa shape index (κ2) is 2.09. The number of imidazole rings is 1. The van der Waals surface area contributed by atoms with Gasteiger partial charge in [-0.2, -0.15) is 0 Å². The highest BCUT2D eigenvalue weighted by atomic mass is 16.6. The summed E-state index contributed by atoms with van der Waals surface area (Å²) in [5, 5.41) is 10.2. The molecule has 0 amide bonds. The molecule has 0 N–H and O–H groups in total. The van der Waals surface area contributed by atoms with Crippen LogP contribution in [-0.4, -0.2) is 14.5 Å². The van der Waals surface area contributed by atoms with E-state index in [0.29, 0.717) is 0 Å². The Morgan fingerprint density at radius 1 is 1.80 bits per heavy atom. The molecule has 0 bridgehead atoms. The minimum absolute atomic E-state index is 0.113. The SMILES string of the molecule is Cc1cnc([N+](=O)[O-])n1C. The Morgan fingerprint density at radius 3 is 2.60 bits per heavy atom. The molecular weight excluding hydrogens is 134 g/mol. The van der Waals surface area contributed by atoms with E-state index in [9.17, 15) is 10.1 Å². The van der Waals surface area contributed by atoms with Crippen molar-refractivity contribution in [2.45, 2.75) is 6.92 Å². The molecule has 0 radical (unpaired) electrons. The maximum Gasteiger partial charge on any atom is 0.434 e. The van der Waals surface area contributed by atoms with Gasteiger partial charge in [0.25, 0.3) is 0 Å². The van der Waals surface area contributed by atoms with Gasteiger partial charge in [0.1, 0.15) is 11.9 Å². The lowest BCUT2D eigenvalue weighted by Gasteiger charge is -1.93. The van der Waals surface area contributed by atoms with Gasteiger partial charge in [0, 0.05) is 0 Å². The summed E-state index contributed by atoms with van der Waals surface area (Å²) in [7, 11) is 1.61. The van der Waals surface area contributed by atoms with E-state index in [1.807, 2.05) is 0 Å². The van der Waals surface area contributed by atoms with E-state index in [4.69, 9.17) is 0 Å². The van der Waals surface area contributed by atoms with E-state index in [-0.39, 0.29) is 5.95 Å². The molecule has 0 spiro atoms. The first-order chi connectivity index (χ1) is 4.63. The van der Waals surface area contributed by atoms with E-state index in [1.54, 1.807) is 14.0 Å². The van der Waals surface area contributed by atoms with Crippen molar-refractivity contribution in [3.63, 3.8) is 0 Å². The van der Waals surface area contributed by atoms with Crippen molar-refractivity contribution in [1.82, 2.24) is 9.55 Å². The average Bonchev–Trinajstić information content (AvgIpc) is 2.14. The van der Waals surface area contributed by atoms with Gasteiger partial charge in [0.2, 0.25) is 0 Å². The van der Waals surface area contributed by atoms with Crippen LogP contribution in [0.2, 0.25) is 0 Å². The molecule has 0 aromatic carbocycles. The maximum atomic E-state index is 10.2. The molecule has 0 unspecified atom stereocenters. The zero-order chi connectivity index (χ0) is 7.72. The molecule has 1 aromatic heterocycles. The lowest BCUT2D eigenvalue weighted by Crippen LogP contribution is -1.98. The summed E-state index contributed by atoms with van der Waals surface area (Å²) in [5.74, 6) is -0.113. The topological polar surface area (TPSA) is 61.0 Å². The van der Waals surface area contributed by atoms with Crippen molar-refractivity contribution >= 4 is 5.95 Å². The first-order valence-electron chi connectivity index (χ1n) is 2.75. The average molecular weight is 141 g/mol. The summed E-state index contributed by atoms with van der Waals surface area (Å²) >= 11 is 0. The van der Waals surface area contributed by atoms with Crippen molar-refractivity contribution < 1.29 is 4.92 Å². The summed E-state index contributed by atoms with van der Waals surface area (Å²) in [4.78, 5) is 13.2. The summed E-state index contributed by atoms with van der Waals surface area (Å²) in [5.41, 5.74) is 0.784. The molecule has 5 nitrogen and oxygen atoms in total. The molecule has 0 saturated carbocycles. The van der Waals surface area contributed by atoms with Crippen LogP contribution in [0.1, 0.15) is 5.69 Å². The molecular formula is C5H7N3O2. The summed E-state index contributed by atoms with van der Waals surface area (Å²) in [6.45, 7) is 1.76. The lowest BCUT2D eigenvalue weighted by atomic mass is 10.5. The molecule has 0 atom stereocenters. The Kier molecular flexibility index (Phi) is 1.41. The van der Waals surface area contributed by atoms with Gasteiger partial charge >= 0.3 is 5.95 Å². The van der Waals surface area contributed by atoms with Crippen LogP contribution in [0.5, 0.6) is 0 Å². The fraction of sp³-hybridized carbons (Fsp3) is 0.400. The number of aromatic nitrogens is 2. The summed E-state index contributed by atoms with van der Waals surface area (Å²) in [6, 6.07) is 0. The molecule has 1 rings (SSSR count). The quantitative estimate of drug-likeness (QED) is 0.425. The second-order valence-electron chi connectivity index (χ2n) is 2.02. The number of aryl methyl sites for hydroxylation is 1. The van der Waals surface area contributed by atoms with E-state index in [2.05, 4.69) is 4.98 Å². The molecule has 0 aliphatic rings. The van der Waals surface area contributed by atoms with Crippen LogP contribution >= 0.6 is 0 Å². The number of hydrogen-bond donors (Lipinski definition) is 0. The van der Waals surface area contributed by atoms with Gasteiger partial charge in [-0.1, -0.05) is 4.98 Å². The van der Waals surface area contributed by atoms with E-state index >= 15 is 0 Å². The molecule has 10 heavy (non-hydrogen) atoms. The molecule has 0 saturated heterocycles. The van der Waals surface area contributed by atoms with Crippen molar-refractivity contribution in [2.75, 3.05) is 0 Å². The van der Waals surface area contributed by atoms with Crippen molar-refractivity contribution in [3.8, 4) is 0 Å². The van der Waals surface area contributed by atoms with Gasteiger partial charge in [-0.25, -0.2) is 4.57 Å². The zero-order valence-corrected chi connectivity index (χ0v) is 5.74. The number of rotatable bonds is 1. The fourth-order valence-electron chi connectivity index (χ4n) is 0.652. The van der Waals surface area contributed by atoms with E-state index in [0.717, 1.165) is 5.69 Å². The fourth-order valence-corrected chi connectivity index (χ4v) is 0.652. The first kappa shape index (κ1) is 6.73. The van der Waals surface area contributed by atoms with Crippen LogP contribution in [0.25, 0.3) is 0 Å². The second-order valence-corrected chi connectivity index (χ2v) is 2.02. The number of hydrogen-bond acceptors (Lipinski definition) is 3. The normalized spacial score (nSPS) is 9.80. The predicted molar refractivity (Wildman–Crippen MR) is 34.6 cm³/mol. The highest BCUT2D eigenvalue weighted by Gasteiger charge is 2.12. The molecule has 0 aliphatic carbocycles. The number of nitrogens with zero attached hydrogens (tertiary/aromatic N) is 3. The molecule has 54 valence electrons. The van der Waals surface area contributed by atoms with Gasteiger partial charge < -0.3 is 10.1 Å². The lowest BCUT2D eigenvalue weighted by molar-refractivity contribution is -0.396. The third-order valence-corrected chi connectivity index (χ3v) is 1.36. The first-order valence-corrected chi connectivity index (χ1v) is 2.75. The Hall–Kier alpha value is -1.39. The summed E-state index contributed by atoms with van der Waals surface area (Å²) < 4.78 is 1.43. The van der Waals surface area contributed by atoms with Gasteiger partial charge in [0.15, 0.2) is 0 Å². The van der Waals surface area contributed by atoms with Crippen LogP contribution < -0.4 is 0 Å². The third kappa shape index (κ3) is 0.854. The van der Waals surface area contributed by atoms with Gasteiger partial charge in [-0.15, -0.1) is 0 Å². The summed E-state index contributed by atoms with van der Waals surface area (Å²) in [6.07, 6.45) is 1.47. The third-order valence-electron chi connectivity index (χ3n) is 1.36. The van der Waals surface area contributed by atoms with Gasteiger partial charge in [-0.05, 0) is 11.8 Å². The van der Waals surface area contributed by atoms with E-state index in [1.165, 1.54) is 10.8 Å². The highest BCUT2D eigenvalue weighted by molar-refractivity contribution is 5.12. The van der Waals surface area contributed by atoms with Crippen LogP contribution in [0.4, 0.5) is 5.95 Å². The van der Waals surface area contributed by atoms with Gasteiger partial charge in [0.05, 0.1) is 7.05 Å². The minimum atomic E-state index is -0.507. The predicted octanol–water partition coefficient (Wildman–Crippen LogP) is 0.637. The Morgan fingerprint density at radius 2 is 2.40 bits per heavy atom. The van der Waals surface area contributed by atoms with Crippen LogP contribution in [-0.2, 0) is 7.05 Å². The molecule has 5 heteroatoms. The van der Waals surface area contributed by atoms with Crippen LogP contribution in [0.3, 0.4) is 0 Å². The maximum absolute atomic E-state index is 10.2. The van der Waals surface area contributed by atoms with Crippen LogP contribution in [0, 0.1) is 17.0 Å². The largest absolute Gasteiger partial charge is 0.434 e. The van der Waals surface area contributed by atoms with Gasteiger partial charge in [-0.3, -0.25) is 0 Å². The molecule has 0 fully saturated rings. The van der Waals surface area contributed by atoms with Crippen LogP contribution in [0.15, 0.2) is 6.20 Å². The van der Waals surface area contributed by atoms with Crippen molar-refractivity contribution in [1.29, 1.82) is 0 Å². The standard InChI is InChI=1S/C5H7N3O2/c1-4-3-6-5(7(4)2)8(9)10/h3H,1-2H3. The number of nitro groups is 1. The molecule has 0 aliphatic heterocycles. The van der Waals surface area contributed by atoms with E-state index < -0.39 is 4.92 Å². The molecule has 1 heterocycles. The zero-order valence-electron chi connectivity index (χ0n) is 5.74. The monoisotopic (exact) mass is 141 g/mol. The Labute approximate surface area is 57.5 Å². The Balaban J connectivity index is 3.17. The smallest absolute Gasteiger partial charge is 0.390 e. The highest BCUT2D eigenvalue weighted by Crippen LogP contribution is 2.08. The minimum Gasteiger partial charge on any atom is -0.390 e. The van der Waals surface area contributed by atoms with Crippen molar-refractivity contribution in [2.24, 2.45) is 7.05 Å². The Bertz CT molecular complexity index is 266.